The van der Waals surface area contributed by atoms with E-state index in [2.05, 4.69) is 20.0 Å². The van der Waals surface area contributed by atoms with E-state index in [0.29, 0.717) is 18.0 Å². The molecule has 1 aromatic rings. The zero-order chi connectivity index (χ0) is 16.5. The Morgan fingerprint density at radius 2 is 1.91 bits per heavy atom. The molecule has 0 aliphatic heterocycles. The molecule has 0 aromatic carbocycles. The summed E-state index contributed by atoms with van der Waals surface area (Å²) in [7, 11) is 1.12. The van der Waals surface area contributed by atoms with Crippen LogP contribution in [0.3, 0.4) is 0 Å². The topological polar surface area (TPSA) is 99.4 Å². The van der Waals surface area contributed by atoms with E-state index in [1.54, 1.807) is 20.8 Å². The standard InChI is InChI=1S/C14H17N3O5/c1-5-21-16-9(2)10(3)17-22-13-11(7-6-8-15-13)12(18)14(19)20-4/h6-8H,5H2,1-4H3. The summed E-state index contributed by atoms with van der Waals surface area (Å²) in [6.07, 6.45) is 1.41. The van der Waals surface area contributed by atoms with Gasteiger partial charge in [-0.2, -0.15) is 0 Å². The summed E-state index contributed by atoms with van der Waals surface area (Å²) in [6.45, 7) is 5.58. The molecule has 0 spiro atoms. The van der Waals surface area contributed by atoms with Gasteiger partial charge in [-0.15, -0.1) is 0 Å². The van der Waals surface area contributed by atoms with E-state index in [0.717, 1.165) is 7.11 Å². The van der Waals surface area contributed by atoms with Crippen molar-refractivity contribution in [2.24, 2.45) is 10.3 Å². The second kappa shape index (κ2) is 8.50. The minimum Gasteiger partial charge on any atom is -0.463 e. The van der Waals surface area contributed by atoms with Crippen molar-refractivity contribution in [3.8, 4) is 5.88 Å². The van der Waals surface area contributed by atoms with Crippen molar-refractivity contribution in [3.05, 3.63) is 23.9 Å². The number of hydrogen-bond donors (Lipinski definition) is 0. The van der Waals surface area contributed by atoms with Gasteiger partial charge in [0.05, 0.1) is 12.7 Å². The van der Waals surface area contributed by atoms with E-state index in [9.17, 15) is 9.59 Å². The fourth-order valence-corrected chi connectivity index (χ4v) is 1.24. The van der Waals surface area contributed by atoms with Gasteiger partial charge in [-0.05, 0) is 32.9 Å². The maximum absolute atomic E-state index is 11.8. The van der Waals surface area contributed by atoms with Crippen molar-refractivity contribution in [3.63, 3.8) is 0 Å². The van der Waals surface area contributed by atoms with E-state index in [1.165, 1.54) is 18.3 Å². The number of hydrogen-bond acceptors (Lipinski definition) is 8. The van der Waals surface area contributed by atoms with Crippen LogP contribution in [0.25, 0.3) is 0 Å². The molecular weight excluding hydrogens is 290 g/mol. The third kappa shape index (κ3) is 4.65. The molecule has 0 aliphatic carbocycles. The van der Waals surface area contributed by atoms with Crippen LogP contribution in [0.1, 0.15) is 31.1 Å². The van der Waals surface area contributed by atoms with E-state index in [4.69, 9.17) is 9.68 Å². The summed E-state index contributed by atoms with van der Waals surface area (Å²) < 4.78 is 4.39. The van der Waals surface area contributed by atoms with Gasteiger partial charge in [-0.25, -0.2) is 9.78 Å². The number of ketones is 1. The van der Waals surface area contributed by atoms with Crippen LogP contribution in [-0.2, 0) is 14.4 Å². The molecule has 1 rings (SSSR count). The number of ether oxygens (including phenoxy) is 1. The Labute approximate surface area is 127 Å². The quantitative estimate of drug-likeness (QED) is 0.249. The van der Waals surface area contributed by atoms with Gasteiger partial charge in [0.25, 0.3) is 11.7 Å². The number of carbonyl (C=O) groups excluding carboxylic acids is 2. The van der Waals surface area contributed by atoms with Gasteiger partial charge in [0.15, 0.2) is 0 Å². The van der Waals surface area contributed by atoms with Crippen LogP contribution < -0.4 is 4.84 Å². The number of esters is 1. The predicted molar refractivity (Wildman–Crippen MR) is 79.1 cm³/mol. The minimum atomic E-state index is -1.01. The number of methoxy groups -OCH3 is 1. The van der Waals surface area contributed by atoms with Crippen LogP contribution in [0.2, 0.25) is 0 Å². The van der Waals surface area contributed by atoms with Crippen LogP contribution >= 0.6 is 0 Å². The molecule has 0 fully saturated rings. The first kappa shape index (κ1) is 17.3. The van der Waals surface area contributed by atoms with Crippen LogP contribution in [0, 0.1) is 0 Å². The monoisotopic (exact) mass is 307 g/mol. The molecule has 0 amide bonds. The fourth-order valence-electron chi connectivity index (χ4n) is 1.24. The van der Waals surface area contributed by atoms with Gasteiger partial charge in [0, 0.05) is 6.20 Å². The molecule has 0 radical (unpaired) electrons. The normalized spacial score (nSPS) is 11.8. The van der Waals surface area contributed by atoms with Gasteiger partial charge in [-0.1, -0.05) is 10.3 Å². The molecule has 0 bridgehead atoms. The summed E-state index contributed by atoms with van der Waals surface area (Å²) in [5.41, 5.74) is 0.916. The molecule has 0 saturated heterocycles. The van der Waals surface area contributed by atoms with Crippen LogP contribution in [-0.4, -0.2) is 41.9 Å². The first-order chi connectivity index (χ1) is 10.5. The fraction of sp³-hybridized carbons (Fsp3) is 0.357. The third-order valence-electron chi connectivity index (χ3n) is 2.51. The first-order valence-corrected chi connectivity index (χ1v) is 6.47. The molecular formula is C14H17N3O5. The highest BCUT2D eigenvalue weighted by atomic mass is 16.6. The molecule has 118 valence electrons. The predicted octanol–water partition coefficient (Wildman–Crippen LogP) is 1.60. The highest BCUT2D eigenvalue weighted by Gasteiger charge is 2.22. The summed E-state index contributed by atoms with van der Waals surface area (Å²) in [5, 5.41) is 7.61. The van der Waals surface area contributed by atoms with E-state index >= 15 is 0 Å². The van der Waals surface area contributed by atoms with Crippen LogP contribution in [0.5, 0.6) is 5.88 Å². The molecule has 0 saturated carbocycles. The maximum Gasteiger partial charge on any atom is 0.379 e. The van der Waals surface area contributed by atoms with Crippen molar-refractivity contribution in [1.82, 2.24) is 4.98 Å². The second-order valence-corrected chi connectivity index (χ2v) is 4.04. The Morgan fingerprint density at radius 1 is 1.23 bits per heavy atom. The average Bonchev–Trinajstić information content (AvgIpc) is 2.56. The second-order valence-electron chi connectivity index (χ2n) is 4.04. The van der Waals surface area contributed by atoms with Gasteiger partial charge >= 0.3 is 5.97 Å². The first-order valence-electron chi connectivity index (χ1n) is 6.47. The summed E-state index contributed by atoms with van der Waals surface area (Å²) in [4.78, 5) is 37.0. The number of nitrogens with zero attached hydrogens (tertiary/aromatic N) is 3. The maximum atomic E-state index is 11.8. The molecule has 8 heteroatoms. The van der Waals surface area contributed by atoms with Crippen molar-refractivity contribution < 1.29 is 24.0 Å². The van der Waals surface area contributed by atoms with Gasteiger partial charge in [0.1, 0.15) is 18.0 Å². The largest absolute Gasteiger partial charge is 0.463 e. The van der Waals surface area contributed by atoms with Gasteiger partial charge < -0.3 is 14.4 Å². The van der Waals surface area contributed by atoms with E-state index in [-0.39, 0.29) is 11.4 Å². The van der Waals surface area contributed by atoms with Gasteiger partial charge in [-0.3, -0.25) is 4.79 Å². The van der Waals surface area contributed by atoms with E-state index in [1.807, 2.05) is 0 Å². The van der Waals surface area contributed by atoms with Crippen molar-refractivity contribution in [2.45, 2.75) is 20.8 Å². The average molecular weight is 307 g/mol. The molecule has 0 N–H and O–H groups in total. The van der Waals surface area contributed by atoms with Crippen LogP contribution in [0.15, 0.2) is 28.6 Å². The Morgan fingerprint density at radius 3 is 2.55 bits per heavy atom. The summed E-state index contributed by atoms with van der Waals surface area (Å²) in [5.74, 6) is -1.97. The molecule has 1 heterocycles. The summed E-state index contributed by atoms with van der Waals surface area (Å²) >= 11 is 0. The van der Waals surface area contributed by atoms with Crippen molar-refractivity contribution in [2.75, 3.05) is 13.7 Å². The number of Topliss-reactive ketones (excluding diaryl/α,β-unsaturated/α-hetero) is 1. The molecule has 0 unspecified atom stereocenters. The van der Waals surface area contributed by atoms with Crippen molar-refractivity contribution in [1.29, 1.82) is 0 Å². The Kier molecular flexibility index (Phi) is 6.68. The van der Waals surface area contributed by atoms with Crippen molar-refractivity contribution >= 4 is 23.2 Å². The highest BCUT2D eigenvalue weighted by molar-refractivity contribution is 6.41. The highest BCUT2D eigenvalue weighted by Crippen LogP contribution is 2.16. The lowest BCUT2D eigenvalue weighted by molar-refractivity contribution is -0.135. The van der Waals surface area contributed by atoms with E-state index < -0.39 is 11.8 Å². The zero-order valence-electron chi connectivity index (χ0n) is 12.8. The molecule has 1 aromatic heterocycles. The summed E-state index contributed by atoms with van der Waals surface area (Å²) in [6, 6.07) is 2.90. The lowest BCUT2D eigenvalue weighted by Crippen LogP contribution is -2.17. The Hall–Kier alpha value is -2.77. The SMILES string of the molecule is CCON=C(C)C(C)=NOc1ncccc1C(=O)C(=O)OC. The Bertz CT molecular complexity index is 610. The number of pyridine rings is 1. The van der Waals surface area contributed by atoms with Crippen LogP contribution in [0.4, 0.5) is 0 Å². The third-order valence-corrected chi connectivity index (χ3v) is 2.51. The molecule has 22 heavy (non-hydrogen) atoms. The molecule has 0 atom stereocenters. The van der Waals surface area contributed by atoms with Gasteiger partial charge in [0.2, 0.25) is 0 Å². The molecule has 0 aliphatic rings. The number of rotatable bonds is 7. The molecule has 8 nitrogen and oxygen atoms in total. The lowest BCUT2D eigenvalue weighted by Gasteiger charge is -2.05. The Balaban J connectivity index is 2.95. The number of carbonyl (C=O) groups is 2. The number of oxime groups is 2. The minimum absolute atomic E-state index is 0.0368. The lowest BCUT2D eigenvalue weighted by atomic mass is 10.2. The number of aromatic nitrogens is 1. The smallest absolute Gasteiger partial charge is 0.379 e. The zero-order valence-corrected chi connectivity index (χ0v) is 12.8.